The Labute approximate surface area is 115 Å². The number of hydrogen-bond acceptors (Lipinski definition) is 4. The van der Waals surface area contributed by atoms with Crippen LogP contribution in [0.2, 0.25) is 0 Å². The van der Waals surface area contributed by atoms with Crippen LogP contribution in [0.1, 0.15) is 29.4 Å². The SMILES string of the molecule is COc1csc(C(=O)N2CCCC(C)(C(=O)O)C2)c1. The molecule has 19 heavy (non-hydrogen) atoms. The lowest BCUT2D eigenvalue weighted by Gasteiger charge is -2.37. The molecule has 1 unspecified atom stereocenters. The summed E-state index contributed by atoms with van der Waals surface area (Å²) in [5, 5.41) is 11.0. The van der Waals surface area contributed by atoms with Gasteiger partial charge in [0.15, 0.2) is 0 Å². The molecule has 1 amide bonds. The van der Waals surface area contributed by atoms with Crippen LogP contribution in [-0.2, 0) is 4.79 Å². The van der Waals surface area contributed by atoms with Gasteiger partial charge in [-0.05, 0) is 19.8 Å². The highest BCUT2D eigenvalue weighted by atomic mass is 32.1. The zero-order chi connectivity index (χ0) is 14.0. The summed E-state index contributed by atoms with van der Waals surface area (Å²) < 4.78 is 5.06. The molecule has 1 aliphatic heterocycles. The van der Waals surface area contributed by atoms with E-state index in [1.807, 2.05) is 0 Å². The third kappa shape index (κ3) is 2.73. The van der Waals surface area contributed by atoms with Crippen molar-refractivity contribution in [1.82, 2.24) is 4.90 Å². The number of amides is 1. The number of carboxylic acids is 1. The third-order valence-corrected chi connectivity index (χ3v) is 4.42. The summed E-state index contributed by atoms with van der Waals surface area (Å²) in [7, 11) is 1.55. The Hall–Kier alpha value is -1.56. The standard InChI is InChI=1S/C13H17NO4S/c1-13(12(16)17)4-3-5-14(8-13)11(15)10-6-9(18-2)7-19-10/h6-7H,3-5,8H2,1-2H3,(H,16,17). The molecule has 1 aliphatic rings. The maximum absolute atomic E-state index is 12.3. The first-order valence-corrected chi connectivity index (χ1v) is 6.99. The average Bonchev–Trinajstić information content (AvgIpc) is 2.86. The van der Waals surface area contributed by atoms with Crippen molar-refractivity contribution in [3.05, 3.63) is 16.3 Å². The van der Waals surface area contributed by atoms with Crippen molar-refractivity contribution >= 4 is 23.2 Å². The number of rotatable bonds is 3. The summed E-state index contributed by atoms with van der Waals surface area (Å²) >= 11 is 1.32. The zero-order valence-corrected chi connectivity index (χ0v) is 11.8. The molecule has 0 aliphatic carbocycles. The second kappa shape index (κ2) is 5.21. The number of hydrogen-bond donors (Lipinski definition) is 1. The molecule has 1 atom stereocenters. The van der Waals surface area contributed by atoms with Crippen LogP contribution in [0.15, 0.2) is 11.4 Å². The average molecular weight is 283 g/mol. The van der Waals surface area contributed by atoms with Gasteiger partial charge in [-0.2, -0.15) is 0 Å². The van der Waals surface area contributed by atoms with E-state index >= 15 is 0 Å². The van der Waals surface area contributed by atoms with E-state index in [-0.39, 0.29) is 12.5 Å². The Balaban J connectivity index is 2.13. The smallest absolute Gasteiger partial charge is 0.311 e. The largest absolute Gasteiger partial charge is 0.496 e. The molecule has 1 aromatic heterocycles. The molecule has 0 radical (unpaired) electrons. The van der Waals surface area contributed by atoms with E-state index in [0.29, 0.717) is 23.6 Å². The molecule has 1 N–H and O–H groups in total. The number of carbonyl (C=O) groups excluding carboxylic acids is 1. The summed E-state index contributed by atoms with van der Waals surface area (Å²) in [5.74, 6) is -0.291. The molecular formula is C13H17NO4S. The monoisotopic (exact) mass is 283 g/mol. The first kappa shape index (κ1) is 13.9. The lowest BCUT2D eigenvalue weighted by Crippen LogP contribution is -2.48. The zero-order valence-electron chi connectivity index (χ0n) is 11.0. The van der Waals surface area contributed by atoms with Crippen molar-refractivity contribution in [1.29, 1.82) is 0 Å². The van der Waals surface area contributed by atoms with E-state index in [2.05, 4.69) is 0 Å². The number of aliphatic carboxylic acids is 1. The molecule has 0 bridgehead atoms. The lowest BCUT2D eigenvalue weighted by molar-refractivity contribution is -0.150. The molecule has 2 heterocycles. The number of carbonyl (C=O) groups is 2. The summed E-state index contributed by atoms with van der Waals surface area (Å²) in [6.07, 6.45) is 1.33. The van der Waals surface area contributed by atoms with Crippen molar-refractivity contribution < 1.29 is 19.4 Å². The van der Waals surface area contributed by atoms with Crippen molar-refractivity contribution in [3.63, 3.8) is 0 Å². The Kier molecular flexibility index (Phi) is 3.80. The minimum Gasteiger partial charge on any atom is -0.496 e. The number of ether oxygens (including phenoxy) is 1. The van der Waals surface area contributed by atoms with Crippen LogP contribution in [0.4, 0.5) is 0 Å². The number of nitrogens with zero attached hydrogens (tertiary/aromatic N) is 1. The Morgan fingerprint density at radius 3 is 2.84 bits per heavy atom. The van der Waals surface area contributed by atoms with Gasteiger partial charge < -0.3 is 14.7 Å². The molecular weight excluding hydrogens is 266 g/mol. The van der Waals surface area contributed by atoms with E-state index in [4.69, 9.17) is 4.74 Å². The van der Waals surface area contributed by atoms with Gasteiger partial charge in [0.1, 0.15) is 5.75 Å². The molecule has 1 fully saturated rings. The van der Waals surface area contributed by atoms with Crippen LogP contribution in [0, 0.1) is 5.41 Å². The second-order valence-corrected chi connectivity index (χ2v) is 5.96. The number of likely N-dealkylation sites (tertiary alicyclic amines) is 1. The van der Waals surface area contributed by atoms with Crippen molar-refractivity contribution in [2.45, 2.75) is 19.8 Å². The van der Waals surface area contributed by atoms with Gasteiger partial charge in [-0.3, -0.25) is 9.59 Å². The molecule has 1 saturated heterocycles. The third-order valence-electron chi connectivity index (χ3n) is 3.52. The molecule has 2 rings (SSSR count). The predicted octanol–water partition coefficient (Wildman–Crippen LogP) is 2.08. The maximum Gasteiger partial charge on any atom is 0.311 e. The number of thiophene rings is 1. The number of carboxylic acid groups (broad SMARTS) is 1. The van der Waals surface area contributed by atoms with Gasteiger partial charge in [-0.1, -0.05) is 0 Å². The van der Waals surface area contributed by atoms with Gasteiger partial charge in [0.25, 0.3) is 5.91 Å². The fraction of sp³-hybridized carbons (Fsp3) is 0.538. The highest BCUT2D eigenvalue weighted by molar-refractivity contribution is 7.12. The Morgan fingerprint density at radius 1 is 1.53 bits per heavy atom. The summed E-state index contributed by atoms with van der Waals surface area (Å²) in [5.41, 5.74) is -0.838. The molecule has 104 valence electrons. The summed E-state index contributed by atoms with van der Waals surface area (Å²) in [6, 6.07) is 1.69. The van der Waals surface area contributed by atoms with E-state index in [9.17, 15) is 14.7 Å². The van der Waals surface area contributed by atoms with Crippen molar-refractivity contribution in [2.24, 2.45) is 5.41 Å². The molecule has 0 aromatic carbocycles. The van der Waals surface area contributed by atoms with E-state index in [0.717, 1.165) is 6.42 Å². The summed E-state index contributed by atoms with van der Waals surface area (Å²) in [6.45, 7) is 2.58. The molecule has 0 saturated carbocycles. The highest BCUT2D eigenvalue weighted by Gasteiger charge is 2.39. The van der Waals surface area contributed by atoms with Gasteiger partial charge in [-0.15, -0.1) is 11.3 Å². The molecule has 5 nitrogen and oxygen atoms in total. The second-order valence-electron chi connectivity index (χ2n) is 5.05. The van der Waals surface area contributed by atoms with Gasteiger partial charge >= 0.3 is 5.97 Å². The molecule has 1 aromatic rings. The normalized spacial score (nSPS) is 23.2. The Bertz CT molecular complexity index is 499. The minimum absolute atomic E-state index is 0.111. The van der Waals surface area contributed by atoms with E-state index in [1.165, 1.54) is 11.3 Å². The topological polar surface area (TPSA) is 66.8 Å². The van der Waals surface area contributed by atoms with Crippen molar-refractivity contribution in [3.8, 4) is 5.75 Å². The van der Waals surface area contributed by atoms with Crippen LogP contribution in [-0.4, -0.2) is 42.1 Å². The van der Waals surface area contributed by atoms with Crippen LogP contribution in [0.5, 0.6) is 5.75 Å². The number of methoxy groups -OCH3 is 1. The van der Waals surface area contributed by atoms with Crippen LogP contribution < -0.4 is 4.74 Å². The van der Waals surface area contributed by atoms with Crippen molar-refractivity contribution in [2.75, 3.05) is 20.2 Å². The highest BCUT2D eigenvalue weighted by Crippen LogP contribution is 2.31. The van der Waals surface area contributed by atoms with E-state index < -0.39 is 11.4 Å². The van der Waals surface area contributed by atoms with Crippen LogP contribution >= 0.6 is 11.3 Å². The van der Waals surface area contributed by atoms with Gasteiger partial charge in [-0.25, -0.2) is 0 Å². The first-order chi connectivity index (χ1) is 8.96. The fourth-order valence-corrected chi connectivity index (χ4v) is 3.10. The van der Waals surface area contributed by atoms with E-state index in [1.54, 1.807) is 30.4 Å². The Morgan fingerprint density at radius 2 is 2.26 bits per heavy atom. The molecule has 0 spiro atoms. The maximum atomic E-state index is 12.3. The van der Waals surface area contributed by atoms with Gasteiger partial charge in [0, 0.05) is 24.5 Å². The van der Waals surface area contributed by atoms with Crippen LogP contribution in [0.25, 0.3) is 0 Å². The summed E-state index contributed by atoms with van der Waals surface area (Å²) in [4.78, 5) is 25.8. The molecule has 6 heteroatoms. The first-order valence-electron chi connectivity index (χ1n) is 6.11. The fourth-order valence-electron chi connectivity index (χ4n) is 2.28. The van der Waals surface area contributed by atoms with Crippen LogP contribution in [0.3, 0.4) is 0 Å². The number of piperidine rings is 1. The lowest BCUT2D eigenvalue weighted by atomic mass is 9.82. The van der Waals surface area contributed by atoms with Gasteiger partial charge in [0.2, 0.25) is 0 Å². The predicted molar refractivity (Wildman–Crippen MR) is 71.8 cm³/mol. The minimum atomic E-state index is -0.839. The van der Waals surface area contributed by atoms with Gasteiger partial charge in [0.05, 0.1) is 17.4 Å². The quantitative estimate of drug-likeness (QED) is 0.922.